The third kappa shape index (κ3) is 2.18. The Bertz CT molecular complexity index is 549. The lowest BCUT2D eigenvalue weighted by Gasteiger charge is -2.17. The van der Waals surface area contributed by atoms with Crippen LogP contribution in [0.1, 0.15) is 30.1 Å². The molecule has 4 nitrogen and oxygen atoms in total. The summed E-state index contributed by atoms with van der Waals surface area (Å²) in [5, 5.41) is 0. The molecule has 4 heteroatoms. The summed E-state index contributed by atoms with van der Waals surface area (Å²) in [6.45, 7) is 2.02. The smallest absolute Gasteiger partial charge is 0.230 e. The first kappa shape index (κ1) is 11.1. The van der Waals surface area contributed by atoms with Crippen LogP contribution in [0.5, 0.6) is 0 Å². The van der Waals surface area contributed by atoms with Crippen molar-refractivity contribution in [2.45, 2.75) is 25.7 Å². The van der Waals surface area contributed by atoms with E-state index in [1.807, 2.05) is 37.2 Å². The number of hydrogen-bond acceptors (Lipinski definition) is 4. The van der Waals surface area contributed by atoms with E-state index in [-0.39, 0.29) is 0 Å². The van der Waals surface area contributed by atoms with Crippen LogP contribution >= 0.6 is 0 Å². The van der Waals surface area contributed by atoms with Crippen LogP contribution in [0.2, 0.25) is 0 Å². The van der Waals surface area contributed by atoms with Gasteiger partial charge in [0.05, 0.1) is 11.9 Å². The molecule has 0 bridgehead atoms. The standard InChI is InChI=1S/C14H16N4/c1-10-8-13(11-5-6-11)17-14(16-10)18(2)12-4-3-7-15-9-12/h3-4,7-9,11H,5-6H2,1-2H3. The summed E-state index contributed by atoms with van der Waals surface area (Å²) in [5.41, 5.74) is 3.20. The van der Waals surface area contributed by atoms with Gasteiger partial charge in [0.2, 0.25) is 5.95 Å². The normalized spacial score (nSPS) is 14.6. The van der Waals surface area contributed by atoms with Crippen molar-refractivity contribution in [3.05, 3.63) is 42.0 Å². The van der Waals surface area contributed by atoms with Gasteiger partial charge in [-0.15, -0.1) is 0 Å². The van der Waals surface area contributed by atoms with Crippen LogP contribution in [0, 0.1) is 6.92 Å². The number of anilines is 2. The van der Waals surface area contributed by atoms with E-state index >= 15 is 0 Å². The summed E-state index contributed by atoms with van der Waals surface area (Å²) in [6.07, 6.45) is 6.10. The van der Waals surface area contributed by atoms with Crippen LogP contribution in [0.25, 0.3) is 0 Å². The van der Waals surface area contributed by atoms with Crippen molar-refractivity contribution < 1.29 is 0 Å². The Morgan fingerprint density at radius 2 is 2.11 bits per heavy atom. The number of nitrogens with zero attached hydrogens (tertiary/aromatic N) is 4. The molecule has 0 aromatic carbocycles. The molecular weight excluding hydrogens is 224 g/mol. The van der Waals surface area contributed by atoms with Gasteiger partial charge in [-0.2, -0.15) is 0 Å². The van der Waals surface area contributed by atoms with Crippen LogP contribution in [0.15, 0.2) is 30.6 Å². The quantitative estimate of drug-likeness (QED) is 0.827. The minimum atomic E-state index is 0.646. The van der Waals surface area contributed by atoms with Gasteiger partial charge in [0.1, 0.15) is 0 Å². The van der Waals surface area contributed by atoms with E-state index in [2.05, 4.69) is 21.0 Å². The van der Waals surface area contributed by atoms with Crippen molar-refractivity contribution in [3.63, 3.8) is 0 Å². The van der Waals surface area contributed by atoms with Crippen molar-refractivity contribution in [2.75, 3.05) is 11.9 Å². The Labute approximate surface area is 107 Å². The van der Waals surface area contributed by atoms with Crippen molar-refractivity contribution in [1.82, 2.24) is 15.0 Å². The van der Waals surface area contributed by atoms with Gasteiger partial charge in [-0.05, 0) is 38.0 Å². The maximum absolute atomic E-state index is 4.66. The van der Waals surface area contributed by atoms with E-state index in [1.165, 1.54) is 18.5 Å². The molecule has 2 aromatic rings. The Kier molecular flexibility index (Phi) is 2.70. The van der Waals surface area contributed by atoms with Crippen molar-refractivity contribution in [2.24, 2.45) is 0 Å². The Morgan fingerprint density at radius 1 is 1.28 bits per heavy atom. The zero-order valence-electron chi connectivity index (χ0n) is 10.7. The summed E-state index contributed by atoms with van der Waals surface area (Å²) in [5.74, 6) is 1.40. The average molecular weight is 240 g/mol. The maximum atomic E-state index is 4.66. The first-order chi connectivity index (χ1) is 8.74. The lowest BCUT2D eigenvalue weighted by atomic mass is 10.2. The van der Waals surface area contributed by atoms with Crippen molar-refractivity contribution in [1.29, 1.82) is 0 Å². The summed E-state index contributed by atoms with van der Waals surface area (Å²) < 4.78 is 0. The molecule has 0 radical (unpaired) electrons. The molecule has 18 heavy (non-hydrogen) atoms. The monoisotopic (exact) mass is 240 g/mol. The largest absolute Gasteiger partial charge is 0.312 e. The highest BCUT2D eigenvalue weighted by molar-refractivity contribution is 5.54. The van der Waals surface area contributed by atoms with Crippen molar-refractivity contribution in [3.8, 4) is 0 Å². The van der Waals surface area contributed by atoms with Crippen LogP contribution < -0.4 is 4.90 Å². The van der Waals surface area contributed by atoms with E-state index in [0.29, 0.717) is 5.92 Å². The van der Waals surface area contributed by atoms with Crippen LogP contribution in [-0.2, 0) is 0 Å². The third-order valence-electron chi connectivity index (χ3n) is 3.19. The summed E-state index contributed by atoms with van der Waals surface area (Å²) in [4.78, 5) is 15.3. The van der Waals surface area contributed by atoms with Crippen LogP contribution in [0.4, 0.5) is 11.6 Å². The second-order valence-electron chi connectivity index (χ2n) is 4.78. The minimum absolute atomic E-state index is 0.646. The van der Waals surface area contributed by atoms with Gasteiger partial charge in [-0.25, -0.2) is 9.97 Å². The van der Waals surface area contributed by atoms with E-state index in [1.54, 1.807) is 6.20 Å². The predicted molar refractivity (Wildman–Crippen MR) is 71.0 cm³/mol. The van der Waals surface area contributed by atoms with Gasteiger partial charge >= 0.3 is 0 Å². The van der Waals surface area contributed by atoms with E-state index in [9.17, 15) is 0 Å². The molecular formula is C14H16N4. The summed E-state index contributed by atoms with van der Waals surface area (Å²) >= 11 is 0. The van der Waals surface area contributed by atoms with Crippen LogP contribution in [-0.4, -0.2) is 22.0 Å². The summed E-state index contributed by atoms with van der Waals surface area (Å²) in [6, 6.07) is 6.02. The Morgan fingerprint density at radius 3 is 2.78 bits per heavy atom. The molecule has 0 N–H and O–H groups in total. The zero-order chi connectivity index (χ0) is 12.5. The van der Waals surface area contributed by atoms with Gasteiger partial charge in [0, 0.05) is 30.6 Å². The van der Waals surface area contributed by atoms with E-state index < -0.39 is 0 Å². The minimum Gasteiger partial charge on any atom is -0.312 e. The molecule has 0 atom stereocenters. The Balaban J connectivity index is 1.96. The van der Waals surface area contributed by atoms with Gasteiger partial charge in [-0.3, -0.25) is 4.98 Å². The van der Waals surface area contributed by atoms with Gasteiger partial charge in [0.15, 0.2) is 0 Å². The molecule has 1 saturated carbocycles. The number of aryl methyl sites for hydroxylation is 1. The number of pyridine rings is 1. The summed E-state index contributed by atoms with van der Waals surface area (Å²) in [7, 11) is 1.97. The number of hydrogen-bond donors (Lipinski definition) is 0. The van der Waals surface area contributed by atoms with Crippen LogP contribution in [0.3, 0.4) is 0 Å². The highest BCUT2D eigenvalue weighted by Gasteiger charge is 2.26. The third-order valence-corrected chi connectivity index (χ3v) is 3.19. The lowest BCUT2D eigenvalue weighted by Crippen LogP contribution is -2.14. The molecule has 0 unspecified atom stereocenters. The molecule has 0 amide bonds. The average Bonchev–Trinajstić information content (AvgIpc) is 3.22. The Hall–Kier alpha value is -1.97. The first-order valence-electron chi connectivity index (χ1n) is 6.23. The van der Waals surface area contributed by atoms with Gasteiger partial charge in [0.25, 0.3) is 0 Å². The fourth-order valence-electron chi connectivity index (χ4n) is 1.98. The van der Waals surface area contributed by atoms with Gasteiger partial charge < -0.3 is 4.90 Å². The molecule has 2 heterocycles. The van der Waals surface area contributed by atoms with E-state index in [4.69, 9.17) is 0 Å². The zero-order valence-corrected chi connectivity index (χ0v) is 10.7. The van der Waals surface area contributed by atoms with E-state index in [0.717, 1.165) is 17.3 Å². The number of aromatic nitrogens is 3. The second-order valence-corrected chi connectivity index (χ2v) is 4.78. The SMILES string of the molecule is Cc1cc(C2CC2)nc(N(C)c2cccnc2)n1. The topological polar surface area (TPSA) is 41.9 Å². The molecule has 0 saturated heterocycles. The fraction of sp³-hybridized carbons (Fsp3) is 0.357. The molecule has 1 aliphatic carbocycles. The second kappa shape index (κ2) is 4.37. The molecule has 3 rings (SSSR count). The first-order valence-corrected chi connectivity index (χ1v) is 6.23. The number of rotatable bonds is 3. The van der Waals surface area contributed by atoms with Crippen molar-refractivity contribution >= 4 is 11.6 Å². The molecule has 2 aromatic heterocycles. The molecule has 1 fully saturated rings. The maximum Gasteiger partial charge on any atom is 0.230 e. The highest BCUT2D eigenvalue weighted by atomic mass is 15.2. The molecule has 1 aliphatic rings. The molecule has 92 valence electrons. The molecule has 0 aliphatic heterocycles. The predicted octanol–water partition coefficient (Wildman–Crippen LogP) is 2.83. The molecule has 0 spiro atoms. The highest BCUT2D eigenvalue weighted by Crippen LogP contribution is 2.39. The lowest BCUT2D eigenvalue weighted by molar-refractivity contribution is 0.933. The fourth-order valence-corrected chi connectivity index (χ4v) is 1.98. The van der Waals surface area contributed by atoms with Gasteiger partial charge in [-0.1, -0.05) is 0 Å².